The molecular formula is C35H33NO8. The first-order valence-electron chi connectivity index (χ1n) is 14.4. The number of amides is 2. The van der Waals surface area contributed by atoms with Crippen LogP contribution in [0.5, 0.6) is 11.5 Å². The number of rotatable bonds is 11. The highest BCUT2D eigenvalue weighted by atomic mass is 16.7. The third-order valence-electron chi connectivity index (χ3n) is 7.76. The second-order valence-corrected chi connectivity index (χ2v) is 10.6. The molecule has 0 bridgehead atoms. The van der Waals surface area contributed by atoms with E-state index in [2.05, 4.69) is 0 Å². The van der Waals surface area contributed by atoms with Crippen LogP contribution < -0.4 is 9.47 Å². The molecule has 5 atom stereocenters. The zero-order chi connectivity index (χ0) is 30.5. The number of carbonyl (C=O) groups excluding carboxylic acids is 2. The minimum absolute atomic E-state index is 0.0125. The molecule has 0 aromatic heterocycles. The maximum atomic E-state index is 13.7. The molecule has 1 fully saturated rings. The minimum Gasteiger partial charge on any atom is -0.497 e. The number of hydrogen-bond donors (Lipinski definition) is 1. The van der Waals surface area contributed by atoms with Gasteiger partial charge in [0, 0.05) is 0 Å². The molecule has 0 saturated carbocycles. The van der Waals surface area contributed by atoms with Crippen molar-refractivity contribution in [3.05, 3.63) is 131 Å². The topological polar surface area (TPSA) is 104 Å². The summed E-state index contributed by atoms with van der Waals surface area (Å²) in [6.45, 7) is 0.433. The predicted octanol–water partition coefficient (Wildman–Crippen LogP) is 4.63. The van der Waals surface area contributed by atoms with Crippen LogP contribution in [0, 0.1) is 0 Å². The summed E-state index contributed by atoms with van der Waals surface area (Å²) in [6, 6.07) is 31.5. The number of aliphatic hydroxyl groups excluding tert-OH is 1. The molecule has 4 aromatic carbocycles. The van der Waals surface area contributed by atoms with Gasteiger partial charge >= 0.3 is 0 Å². The molecule has 2 aliphatic rings. The van der Waals surface area contributed by atoms with E-state index in [4.69, 9.17) is 23.7 Å². The Morgan fingerprint density at radius 2 is 1.27 bits per heavy atom. The van der Waals surface area contributed by atoms with Crippen molar-refractivity contribution >= 4 is 11.8 Å². The van der Waals surface area contributed by atoms with E-state index in [9.17, 15) is 14.7 Å². The van der Waals surface area contributed by atoms with E-state index in [1.165, 1.54) is 0 Å². The summed E-state index contributed by atoms with van der Waals surface area (Å²) in [5, 5.41) is 11.7. The molecule has 0 radical (unpaired) electrons. The van der Waals surface area contributed by atoms with E-state index in [1.54, 1.807) is 55.6 Å². The third-order valence-corrected chi connectivity index (χ3v) is 7.76. The lowest BCUT2D eigenvalue weighted by Crippen LogP contribution is -2.67. The highest BCUT2D eigenvalue weighted by Crippen LogP contribution is 2.35. The lowest BCUT2D eigenvalue weighted by atomic mass is 9.95. The van der Waals surface area contributed by atoms with E-state index in [0.29, 0.717) is 18.1 Å². The van der Waals surface area contributed by atoms with Gasteiger partial charge in [-0.25, -0.2) is 0 Å². The molecule has 2 amide bonds. The number of aliphatic hydroxyl groups is 1. The van der Waals surface area contributed by atoms with E-state index in [0.717, 1.165) is 16.0 Å². The van der Waals surface area contributed by atoms with E-state index in [1.807, 2.05) is 60.7 Å². The number of ether oxygens (including phenoxy) is 5. The Labute approximate surface area is 255 Å². The molecule has 1 N–H and O–H groups in total. The summed E-state index contributed by atoms with van der Waals surface area (Å²) in [5.41, 5.74) is 2.36. The van der Waals surface area contributed by atoms with Crippen molar-refractivity contribution in [3.8, 4) is 11.5 Å². The molecule has 4 aromatic rings. The molecule has 226 valence electrons. The summed E-state index contributed by atoms with van der Waals surface area (Å²) >= 11 is 0. The molecule has 9 heteroatoms. The highest BCUT2D eigenvalue weighted by Gasteiger charge is 2.55. The molecule has 44 heavy (non-hydrogen) atoms. The van der Waals surface area contributed by atoms with E-state index >= 15 is 0 Å². The normalized spacial score (nSPS) is 23.0. The van der Waals surface area contributed by atoms with Gasteiger partial charge in [0.25, 0.3) is 11.8 Å². The number of carbonyl (C=O) groups is 2. The Hall–Kier alpha value is -4.54. The van der Waals surface area contributed by atoms with Crippen LogP contribution in [0.2, 0.25) is 0 Å². The summed E-state index contributed by atoms with van der Waals surface area (Å²) in [7, 11) is 1.56. The van der Waals surface area contributed by atoms with Crippen LogP contribution in [-0.2, 0) is 27.4 Å². The quantitative estimate of drug-likeness (QED) is 0.251. The summed E-state index contributed by atoms with van der Waals surface area (Å²) in [5.74, 6) is 0.0219. The first-order valence-corrected chi connectivity index (χ1v) is 14.4. The van der Waals surface area contributed by atoms with Crippen molar-refractivity contribution in [2.75, 3.05) is 13.7 Å². The molecule has 5 unspecified atom stereocenters. The van der Waals surface area contributed by atoms with Crippen LogP contribution in [0.4, 0.5) is 0 Å². The Morgan fingerprint density at radius 1 is 0.727 bits per heavy atom. The van der Waals surface area contributed by atoms with Crippen LogP contribution in [0.25, 0.3) is 0 Å². The Kier molecular flexibility index (Phi) is 8.99. The zero-order valence-electron chi connectivity index (χ0n) is 24.2. The average molecular weight is 596 g/mol. The largest absolute Gasteiger partial charge is 0.497 e. The fourth-order valence-electron chi connectivity index (χ4n) is 5.50. The average Bonchev–Trinajstić information content (AvgIpc) is 3.32. The SMILES string of the molecule is COc1ccc(OC2OC(COCc3ccccc3)C(O)C(OCc3ccccc3)C2N2C(=O)c3ccccc3C2=O)cc1. The molecule has 2 aliphatic heterocycles. The highest BCUT2D eigenvalue weighted by molar-refractivity contribution is 6.21. The van der Waals surface area contributed by atoms with Crippen molar-refractivity contribution in [2.45, 2.75) is 43.9 Å². The molecule has 2 heterocycles. The Bertz CT molecular complexity index is 1530. The first-order chi connectivity index (χ1) is 21.5. The van der Waals surface area contributed by atoms with Crippen LogP contribution in [-0.4, -0.2) is 66.2 Å². The van der Waals surface area contributed by atoms with Crippen LogP contribution in [0.1, 0.15) is 31.8 Å². The zero-order valence-corrected chi connectivity index (χ0v) is 24.2. The minimum atomic E-state index is -1.26. The van der Waals surface area contributed by atoms with Gasteiger partial charge in [-0.15, -0.1) is 0 Å². The van der Waals surface area contributed by atoms with Crippen LogP contribution in [0.15, 0.2) is 109 Å². The molecule has 9 nitrogen and oxygen atoms in total. The van der Waals surface area contributed by atoms with Gasteiger partial charge in [0.05, 0.1) is 38.1 Å². The van der Waals surface area contributed by atoms with Gasteiger partial charge in [0.15, 0.2) is 0 Å². The van der Waals surface area contributed by atoms with Crippen molar-refractivity contribution in [3.63, 3.8) is 0 Å². The number of nitrogens with zero attached hydrogens (tertiary/aromatic N) is 1. The van der Waals surface area contributed by atoms with Gasteiger partial charge in [0.2, 0.25) is 6.29 Å². The van der Waals surface area contributed by atoms with Crippen molar-refractivity contribution < 1.29 is 38.4 Å². The lowest BCUT2D eigenvalue weighted by Gasteiger charge is -2.46. The maximum Gasteiger partial charge on any atom is 0.262 e. The fourth-order valence-corrected chi connectivity index (χ4v) is 5.50. The van der Waals surface area contributed by atoms with Gasteiger partial charge < -0.3 is 28.8 Å². The van der Waals surface area contributed by atoms with Gasteiger partial charge in [-0.3, -0.25) is 14.5 Å². The second-order valence-electron chi connectivity index (χ2n) is 10.6. The van der Waals surface area contributed by atoms with Crippen molar-refractivity contribution in [1.82, 2.24) is 4.90 Å². The van der Waals surface area contributed by atoms with Gasteiger partial charge in [-0.2, -0.15) is 0 Å². The van der Waals surface area contributed by atoms with Crippen molar-refractivity contribution in [2.24, 2.45) is 0 Å². The van der Waals surface area contributed by atoms with Crippen LogP contribution >= 0.6 is 0 Å². The molecule has 1 saturated heterocycles. The summed E-state index contributed by atoms with van der Waals surface area (Å²) in [4.78, 5) is 28.6. The predicted molar refractivity (Wildman–Crippen MR) is 160 cm³/mol. The smallest absolute Gasteiger partial charge is 0.262 e. The van der Waals surface area contributed by atoms with E-state index < -0.39 is 42.5 Å². The fraction of sp³-hybridized carbons (Fsp3) is 0.257. The monoisotopic (exact) mass is 595 g/mol. The Morgan fingerprint density at radius 3 is 1.86 bits per heavy atom. The van der Waals surface area contributed by atoms with Gasteiger partial charge in [0.1, 0.15) is 35.9 Å². The van der Waals surface area contributed by atoms with Gasteiger partial charge in [-0.1, -0.05) is 72.8 Å². The number of methoxy groups -OCH3 is 1. The summed E-state index contributed by atoms with van der Waals surface area (Å²) in [6.07, 6.45) is -4.42. The van der Waals surface area contributed by atoms with Gasteiger partial charge in [-0.05, 0) is 47.5 Å². The van der Waals surface area contributed by atoms with Crippen molar-refractivity contribution in [1.29, 1.82) is 0 Å². The summed E-state index contributed by atoms with van der Waals surface area (Å²) < 4.78 is 30.3. The number of fused-ring (bicyclic) bond motifs is 1. The molecule has 0 aliphatic carbocycles. The number of hydrogen-bond acceptors (Lipinski definition) is 8. The standard InChI is InChI=1S/C35H33NO8/c1-40-25-16-18-26(19-17-25)43-35-30(36-33(38)27-14-8-9-15-28(27)34(36)39)32(42-21-24-12-6-3-7-13-24)31(37)29(44-35)22-41-20-23-10-4-2-5-11-23/h2-19,29-32,35,37H,20-22H2,1H3. The lowest BCUT2D eigenvalue weighted by molar-refractivity contribution is -0.267. The Balaban J connectivity index is 1.33. The number of benzene rings is 4. The van der Waals surface area contributed by atoms with Crippen LogP contribution in [0.3, 0.4) is 0 Å². The molecule has 0 spiro atoms. The molecule has 6 rings (SSSR count). The second kappa shape index (κ2) is 13.4. The first kappa shape index (κ1) is 29.5. The molecular weight excluding hydrogens is 562 g/mol. The third kappa shape index (κ3) is 6.22. The van der Waals surface area contributed by atoms with E-state index in [-0.39, 0.29) is 24.3 Å². The number of imide groups is 1. The maximum absolute atomic E-state index is 13.7.